The molecule has 0 fully saturated rings. The van der Waals surface area contributed by atoms with Crippen molar-refractivity contribution in [1.82, 2.24) is 4.98 Å². The zero-order chi connectivity index (χ0) is 13.0. The smallest absolute Gasteiger partial charge is 0.129 e. The van der Waals surface area contributed by atoms with Gasteiger partial charge in [0.15, 0.2) is 0 Å². The molecule has 0 aliphatic heterocycles. The standard InChI is InChI=1S/C15H17ClN2/c1-3-12-4-6-13(7-5-12)11(2)18-14-8-9-15(16)17-10-14/h4-11,18H,3H2,1-2H3. The van der Waals surface area contributed by atoms with E-state index in [0.717, 1.165) is 12.1 Å². The van der Waals surface area contributed by atoms with Crippen molar-refractivity contribution in [2.24, 2.45) is 0 Å². The predicted octanol–water partition coefficient (Wildman–Crippen LogP) is 4.47. The summed E-state index contributed by atoms with van der Waals surface area (Å²) in [5, 5.41) is 3.92. The van der Waals surface area contributed by atoms with E-state index >= 15 is 0 Å². The van der Waals surface area contributed by atoms with Crippen LogP contribution in [0.15, 0.2) is 42.6 Å². The summed E-state index contributed by atoms with van der Waals surface area (Å²) in [6, 6.07) is 12.7. The first kappa shape index (κ1) is 12.9. The van der Waals surface area contributed by atoms with Crippen LogP contribution in [0.3, 0.4) is 0 Å². The molecule has 0 spiro atoms. The lowest BCUT2D eigenvalue weighted by molar-refractivity contribution is 0.881. The van der Waals surface area contributed by atoms with E-state index in [-0.39, 0.29) is 6.04 Å². The third-order valence-electron chi connectivity index (χ3n) is 3.00. The van der Waals surface area contributed by atoms with Gasteiger partial charge in [-0.05, 0) is 36.6 Å². The van der Waals surface area contributed by atoms with Crippen molar-refractivity contribution in [3.05, 3.63) is 58.9 Å². The lowest BCUT2D eigenvalue weighted by Crippen LogP contribution is -2.06. The second kappa shape index (κ2) is 5.87. The molecule has 0 saturated carbocycles. The number of aryl methyl sites for hydroxylation is 1. The lowest BCUT2D eigenvalue weighted by atomic mass is 10.0. The fraction of sp³-hybridized carbons (Fsp3) is 0.267. The highest BCUT2D eigenvalue weighted by Crippen LogP contribution is 2.20. The largest absolute Gasteiger partial charge is 0.377 e. The van der Waals surface area contributed by atoms with Crippen LogP contribution in [0.5, 0.6) is 0 Å². The minimum absolute atomic E-state index is 0.249. The Morgan fingerprint density at radius 1 is 1.17 bits per heavy atom. The number of pyridine rings is 1. The number of hydrogen-bond acceptors (Lipinski definition) is 2. The van der Waals surface area contributed by atoms with Crippen LogP contribution in [-0.4, -0.2) is 4.98 Å². The minimum atomic E-state index is 0.249. The average molecular weight is 261 g/mol. The molecular formula is C15H17ClN2. The summed E-state index contributed by atoms with van der Waals surface area (Å²) in [5.41, 5.74) is 3.60. The number of benzene rings is 1. The fourth-order valence-corrected chi connectivity index (χ4v) is 1.95. The Kier molecular flexibility index (Phi) is 4.21. The van der Waals surface area contributed by atoms with Gasteiger partial charge in [0.1, 0.15) is 5.15 Å². The van der Waals surface area contributed by atoms with E-state index in [0.29, 0.717) is 5.15 Å². The van der Waals surface area contributed by atoms with Crippen molar-refractivity contribution in [3.8, 4) is 0 Å². The van der Waals surface area contributed by atoms with E-state index in [9.17, 15) is 0 Å². The average Bonchev–Trinajstić information content (AvgIpc) is 2.41. The summed E-state index contributed by atoms with van der Waals surface area (Å²) in [5.74, 6) is 0. The maximum atomic E-state index is 5.76. The van der Waals surface area contributed by atoms with E-state index in [1.54, 1.807) is 12.3 Å². The van der Waals surface area contributed by atoms with Gasteiger partial charge in [0.05, 0.1) is 11.9 Å². The molecule has 1 atom stereocenters. The van der Waals surface area contributed by atoms with E-state index in [1.807, 2.05) is 6.07 Å². The molecular weight excluding hydrogens is 244 g/mol. The monoisotopic (exact) mass is 260 g/mol. The van der Waals surface area contributed by atoms with Crippen molar-refractivity contribution >= 4 is 17.3 Å². The van der Waals surface area contributed by atoms with Crippen LogP contribution < -0.4 is 5.32 Å². The molecule has 18 heavy (non-hydrogen) atoms. The Hall–Kier alpha value is -1.54. The Bertz CT molecular complexity index is 491. The zero-order valence-electron chi connectivity index (χ0n) is 10.7. The van der Waals surface area contributed by atoms with Crippen LogP contribution in [0.4, 0.5) is 5.69 Å². The number of halogens is 1. The molecule has 3 heteroatoms. The Morgan fingerprint density at radius 3 is 2.44 bits per heavy atom. The third kappa shape index (κ3) is 3.23. The number of aromatic nitrogens is 1. The van der Waals surface area contributed by atoms with Crippen LogP contribution in [0.1, 0.15) is 31.0 Å². The molecule has 0 saturated heterocycles. The van der Waals surface area contributed by atoms with Gasteiger partial charge in [0.2, 0.25) is 0 Å². The molecule has 0 aliphatic rings. The number of rotatable bonds is 4. The van der Waals surface area contributed by atoms with Gasteiger partial charge in [-0.3, -0.25) is 0 Å². The van der Waals surface area contributed by atoms with Crippen molar-refractivity contribution in [3.63, 3.8) is 0 Å². The van der Waals surface area contributed by atoms with E-state index < -0.39 is 0 Å². The molecule has 1 heterocycles. The number of anilines is 1. The SMILES string of the molecule is CCc1ccc(C(C)Nc2ccc(Cl)nc2)cc1. The summed E-state index contributed by atoms with van der Waals surface area (Å²) >= 11 is 5.76. The molecule has 94 valence electrons. The summed E-state index contributed by atoms with van der Waals surface area (Å²) in [4.78, 5) is 4.06. The predicted molar refractivity (Wildman–Crippen MR) is 77.1 cm³/mol. The van der Waals surface area contributed by atoms with Gasteiger partial charge in [-0.1, -0.05) is 42.8 Å². The zero-order valence-corrected chi connectivity index (χ0v) is 11.4. The molecule has 1 unspecified atom stereocenters. The highest BCUT2D eigenvalue weighted by Gasteiger charge is 2.05. The summed E-state index contributed by atoms with van der Waals surface area (Å²) in [6.45, 7) is 4.30. The van der Waals surface area contributed by atoms with Gasteiger partial charge in [-0.15, -0.1) is 0 Å². The molecule has 1 aromatic heterocycles. The molecule has 0 amide bonds. The van der Waals surface area contributed by atoms with Gasteiger partial charge in [0.25, 0.3) is 0 Å². The lowest BCUT2D eigenvalue weighted by Gasteiger charge is -2.15. The maximum absolute atomic E-state index is 5.76. The van der Waals surface area contributed by atoms with Crippen LogP contribution in [0.2, 0.25) is 5.15 Å². The summed E-state index contributed by atoms with van der Waals surface area (Å²) in [6.07, 6.45) is 2.82. The van der Waals surface area contributed by atoms with Gasteiger partial charge in [-0.2, -0.15) is 0 Å². The topological polar surface area (TPSA) is 24.9 Å². The first-order valence-corrected chi connectivity index (χ1v) is 6.53. The van der Waals surface area contributed by atoms with Gasteiger partial charge < -0.3 is 5.32 Å². The van der Waals surface area contributed by atoms with Crippen molar-refractivity contribution in [2.75, 3.05) is 5.32 Å². The molecule has 0 aliphatic carbocycles. The summed E-state index contributed by atoms with van der Waals surface area (Å²) in [7, 11) is 0. The van der Waals surface area contributed by atoms with E-state index in [4.69, 9.17) is 11.6 Å². The van der Waals surface area contributed by atoms with Gasteiger partial charge in [0, 0.05) is 6.04 Å². The maximum Gasteiger partial charge on any atom is 0.129 e. The van der Waals surface area contributed by atoms with Crippen LogP contribution in [-0.2, 0) is 6.42 Å². The molecule has 2 aromatic rings. The first-order chi connectivity index (χ1) is 8.69. The number of nitrogens with zero attached hydrogens (tertiary/aromatic N) is 1. The number of nitrogens with one attached hydrogen (secondary N) is 1. The second-order valence-electron chi connectivity index (χ2n) is 4.33. The van der Waals surface area contributed by atoms with Crippen LogP contribution in [0.25, 0.3) is 0 Å². The van der Waals surface area contributed by atoms with Crippen molar-refractivity contribution in [2.45, 2.75) is 26.3 Å². The van der Waals surface area contributed by atoms with Gasteiger partial charge in [-0.25, -0.2) is 4.98 Å². The molecule has 1 N–H and O–H groups in total. The van der Waals surface area contributed by atoms with E-state index in [1.165, 1.54) is 11.1 Å². The van der Waals surface area contributed by atoms with Crippen molar-refractivity contribution < 1.29 is 0 Å². The van der Waals surface area contributed by atoms with E-state index in [2.05, 4.69) is 48.4 Å². The Balaban J connectivity index is 2.06. The molecule has 0 radical (unpaired) electrons. The summed E-state index contributed by atoms with van der Waals surface area (Å²) < 4.78 is 0. The molecule has 2 rings (SSSR count). The second-order valence-corrected chi connectivity index (χ2v) is 4.72. The normalized spacial score (nSPS) is 12.2. The molecule has 2 nitrogen and oxygen atoms in total. The molecule has 0 bridgehead atoms. The van der Waals surface area contributed by atoms with Crippen LogP contribution in [0, 0.1) is 0 Å². The number of hydrogen-bond donors (Lipinski definition) is 1. The third-order valence-corrected chi connectivity index (χ3v) is 3.22. The quantitative estimate of drug-likeness (QED) is 0.821. The highest BCUT2D eigenvalue weighted by molar-refractivity contribution is 6.29. The first-order valence-electron chi connectivity index (χ1n) is 6.16. The fourth-order valence-electron chi connectivity index (χ4n) is 1.84. The Morgan fingerprint density at radius 2 is 1.89 bits per heavy atom. The van der Waals surface area contributed by atoms with Gasteiger partial charge >= 0.3 is 0 Å². The molecule has 1 aromatic carbocycles. The van der Waals surface area contributed by atoms with Crippen molar-refractivity contribution in [1.29, 1.82) is 0 Å². The van der Waals surface area contributed by atoms with Crippen LogP contribution >= 0.6 is 11.6 Å². The Labute approximate surface area is 113 Å². The minimum Gasteiger partial charge on any atom is -0.377 e. The highest BCUT2D eigenvalue weighted by atomic mass is 35.5.